The lowest BCUT2D eigenvalue weighted by Crippen LogP contribution is -2.50. The lowest BCUT2D eigenvalue weighted by atomic mass is 10.3. The summed E-state index contributed by atoms with van der Waals surface area (Å²) in [5.74, 6) is 0. The van der Waals surface area contributed by atoms with Crippen LogP contribution in [0.25, 0.3) is 0 Å². The molecule has 1 saturated heterocycles. The summed E-state index contributed by atoms with van der Waals surface area (Å²) in [6.45, 7) is -1.01. The Labute approximate surface area is 104 Å². The Bertz CT molecular complexity index is 385. The van der Waals surface area contributed by atoms with Crippen LogP contribution in [-0.2, 0) is 19.2 Å². The molecule has 0 spiro atoms. The molecule has 114 valence electrons. The number of hydrogen-bond acceptors (Lipinski definition) is 4. The minimum absolute atomic E-state index is 0.134. The van der Waals surface area contributed by atoms with E-state index in [1.54, 1.807) is 0 Å². The van der Waals surface area contributed by atoms with Gasteiger partial charge in [0.2, 0.25) is 0 Å². The number of alkyl halides is 6. The third-order valence-corrected chi connectivity index (χ3v) is 3.53. The topological polar surface area (TPSA) is 55.8 Å². The van der Waals surface area contributed by atoms with Crippen molar-refractivity contribution in [3.05, 3.63) is 0 Å². The Morgan fingerprint density at radius 2 is 1.42 bits per heavy atom. The summed E-state index contributed by atoms with van der Waals surface area (Å²) in [6.07, 6.45) is -16.1. The van der Waals surface area contributed by atoms with Gasteiger partial charge in [-0.3, -0.25) is 0 Å². The number of morpholine rings is 1. The maximum atomic E-state index is 12.2. The van der Waals surface area contributed by atoms with Crippen LogP contribution >= 0.6 is 0 Å². The number of halogens is 6. The number of rotatable bonds is 3. The van der Waals surface area contributed by atoms with Crippen molar-refractivity contribution in [2.24, 2.45) is 0 Å². The van der Waals surface area contributed by atoms with Gasteiger partial charge in [-0.1, -0.05) is 0 Å². The lowest BCUT2D eigenvalue weighted by molar-refractivity contribution is -0.299. The van der Waals surface area contributed by atoms with E-state index in [-0.39, 0.29) is 26.3 Å². The van der Waals surface area contributed by atoms with Crippen molar-refractivity contribution in [2.75, 3.05) is 26.3 Å². The van der Waals surface area contributed by atoms with Crippen molar-refractivity contribution >= 4 is 10.3 Å². The van der Waals surface area contributed by atoms with Crippen LogP contribution < -0.4 is 0 Å². The third-order valence-electron chi connectivity index (χ3n) is 2.10. The molecule has 0 aromatic rings. The first-order valence-corrected chi connectivity index (χ1v) is 6.20. The van der Waals surface area contributed by atoms with E-state index in [9.17, 15) is 34.8 Å². The molecular weight excluding hydrogens is 308 g/mol. The van der Waals surface area contributed by atoms with Crippen LogP contribution in [0.5, 0.6) is 0 Å². The highest BCUT2D eigenvalue weighted by molar-refractivity contribution is 7.84. The van der Waals surface area contributed by atoms with Gasteiger partial charge in [-0.25, -0.2) is 4.18 Å². The number of nitrogens with zero attached hydrogens (tertiary/aromatic N) is 1. The molecule has 1 heterocycles. The molecule has 0 aromatic carbocycles. The zero-order valence-corrected chi connectivity index (χ0v) is 9.98. The van der Waals surface area contributed by atoms with Crippen LogP contribution in [0.4, 0.5) is 26.3 Å². The molecule has 0 aliphatic carbocycles. The summed E-state index contributed by atoms with van der Waals surface area (Å²) < 4.78 is 104. The molecule has 0 N–H and O–H groups in total. The zero-order chi connectivity index (χ0) is 14.9. The van der Waals surface area contributed by atoms with Gasteiger partial charge in [0.15, 0.2) is 0 Å². The summed E-state index contributed by atoms with van der Waals surface area (Å²) in [4.78, 5) is 0. The van der Waals surface area contributed by atoms with Gasteiger partial charge < -0.3 is 4.74 Å². The van der Waals surface area contributed by atoms with Crippen molar-refractivity contribution in [2.45, 2.75) is 18.5 Å². The maximum Gasteiger partial charge on any atom is 0.425 e. The molecule has 0 atom stereocenters. The van der Waals surface area contributed by atoms with E-state index >= 15 is 0 Å². The fourth-order valence-electron chi connectivity index (χ4n) is 1.25. The van der Waals surface area contributed by atoms with Crippen LogP contribution in [0.15, 0.2) is 0 Å². The summed E-state index contributed by atoms with van der Waals surface area (Å²) in [5.41, 5.74) is 0. The molecule has 0 radical (unpaired) electrons. The van der Waals surface area contributed by atoms with E-state index in [4.69, 9.17) is 4.74 Å². The Balaban J connectivity index is 2.89. The Morgan fingerprint density at radius 3 is 1.79 bits per heavy atom. The Kier molecular flexibility index (Phi) is 4.70. The van der Waals surface area contributed by atoms with Gasteiger partial charge in [0.25, 0.3) is 6.10 Å². The van der Waals surface area contributed by atoms with Crippen molar-refractivity contribution in [3.8, 4) is 0 Å². The molecule has 0 unspecified atom stereocenters. The van der Waals surface area contributed by atoms with Crippen LogP contribution in [0.2, 0.25) is 0 Å². The van der Waals surface area contributed by atoms with Crippen LogP contribution in [0.3, 0.4) is 0 Å². The standard InChI is InChI=1S/C7H9F6NO4S/c8-6(9,10)5(7(11,12)13)18-19(15,16)14-1-3-17-4-2-14/h5H,1-4H2. The quantitative estimate of drug-likeness (QED) is 0.731. The molecule has 5 nitrogen and oxygen atoms in total. The van der Waals surface area contributed by atoms with E-state index in [0.29, 0.717) is 4.31 Å². The highest BCUT2D eigenvalue weighted by atomic mass is 32.2. The van der Waals surface area contributed by atoms with Gasteiger partial charge in [-0.2, -0.15) is 39.1 Å². The van der Waals surface area contributed by atoms with Crippen molar-refractivity contribution in [1.29, 1.82) is 0 Å². The van der Waals surface area contributed by atoms with Crippen LogP contribution in [0, 0.1) is 0 Å². The molecule has 12 heteroatoms. The van der Waals surface area contributed by atoms with E-state index in [1.165, 1.54) is 0 Å². The van der Waals surface area contributed by atoms with Gasteiger partial charge in [0.05, 0.1) is 13.2 Å². The molecule has 1 fully saturated rings. The maximum absolute atomic E-state index is 12.2. The first kappa shape index (κ1) is 16.5. The van der Waals surface area contributed by atoms with Gasteiger partial charge in [-0.15, -0.1) is 0 Å². The second kappa shape index (κ2) is 5.42. The molecule has 1 aliphatic rings. The van der Waals surface area contributed by atoms with Gasteiger partial charge >= 0.3 is 22.7 Å². The Hall–Kier alpha value is -0.590. The number of hydrogen-bond donors (Lipinski definition) is 0. The van der Waals surface area contributed by atoms with E-state index < -0.39 is 28.8 Å². The van der Waals surface area contributed by atoms with E-state index in [0.717, 1.165) is 0 Å². The smallest absolute Gasteiger partial charge is 0.379 e. The molecule has 1 aliphatic heterocycles. The van der Waals surface area contributed by atoms with E-state index in [2.05, 4.69) is 4.18 Å². The predicted molar refractivity (Wildman–Crippen MR) is 48.3 cm³/mol. The average molecular weight is 317 g/mol. The normalized spacial score (nSPS) is 19.9. The molecule has 0 saturated carbocycles. The largest absolute Gasteiger partial charge is 0.425 e. The molecule has 19 heavy (non-hydrogen) atoms. The fourth-order valence-corrected chi connectivity index (χ4v) is 2.43. The van der Waals surface area contributed by atoms with Crippen LogP contribution in [-0.4, -0.2) is 57.5 Å². The fraction of sp³-hybridized carbons (Fsp3) is 1.00. The summed E-state index contributed by atoms with van der Waals surface area (Å²) in [5, 5.41) is 0. The second-order valence-corrected chi connectivity index (χ2v) is 5.09. The lowest BCUT2D eigenvalue weighted by Gasteiger charge is -2.29. The summed E-state index contributed by atoms with van der Waals surface area (Å²) in [7, 11) is -5.14. The summed E-state index contributed by atoms with van der Waals surface area (Å²) >= 11 is 0. The second-order valence-electron chi connectivity index (χ2n) is 3.53. The van der Waals surface area contributed by atoms with Gasteiger partial charge in [0, 0.05) is 13.1 Å². The molecule has 0 bridgehead atoms. The first-order valence-electron chi connectivity index (χ1n) is 4.84. The average Bonchev–Trinajstić information content (AvgIpc) is 2.24. The number of ether oxygens (including phenoxy) is 1. The molecular formula is C7H9F6NO4S. The third kappa shape index (κ3) is 4.47. The molecule has 0 aromatic heterocycles. The summed E-state index contributed by atoms with van der Waals surface area (Å²) in [6, 6.07) is 0. The SMILES string of the molecule is O=S(=O)(OC(C(F)(F)F)C(F)(F)F)N1CCOCC1. The van der Waals surface area contributed by atoms with Gasteiger partial charge in [-0.05, 0) is 0 Å². The minimum Gasteiger partial charge on any atom is -0.379 e. The van der Waals surface area contributed by atoms with Gasteiger partial charge in [0.1, 0.15) is 0 Å². The van der Waals surface area contributed by atoms with Crippen molar-refractivity contribution in [3.63, 3.8) is 0 Å². The Morgan fingerprint density at radius 1 is 1.00 bits per heavy atom. The monoisotopic (exact) mass is 317 g/mol. The minimum atomic E-state index is -5.88. The van der Waals surface area contributed by atoms with Crippen LogP contribution in [0.1, 0.15) is 0 Å². The molecule has 1 rings (SSSR count). The predicted octanol–water partition coefficient (Wildman–Crippen LogP) is 1.07. The van der Waals surface area contributed by atoms with Crippen molar-refractivity contribution < 1.29 is 43.7 Å². The molecule has 0 amide bonds. The first-order chi connectivity index (χ1) is 8.44. The highest BCUT2D eigenvalue weighted by Crippen LogP contribution is 2.37. The highest BCUT2D eigenvalue weighted by Gasteiger charge is 2.60. The van der Waals surface area contributed by atoms with E-state index in [1.807, 2.05) is 0 Å². The van der Waals surface area contributed by atoms with Crippen molar-refractivity contribution in [1.82, 2.24) is 4.31 Å². The zero-order valence-electron chi connectivity index (χ0n) is 9.16.